The number of rotatable bonds is 17. The summed E-state index contributed by atoms with van der Waals surface area (Å²) in [6.07, 6.45) is 9.80. The van der Waals surface area contributed by atoms with E-state index < -0.39 is 0 Å². The Bertz CT molecular complexity index is 478. The molecule has 4 nitrogen and oxygen atoms in total. The van der Waals surface area contributed by atoms with Gasteiger partial charge in [0.1, 0.15) is 11.6 Å². The van der Waals surface area contributed by atoms with Crippen LogP contribution in [-0.4, -0.2) is 24.0 Å². The van der Waals surface area contributed by atoms with E-state index in [1.807, 2.05) is 13.8 Å². The van der Waals surface area contributed by atoms with Crippen LogP contribution in [0, 0.1) is 10.8 Å². The van der Waals surface area contributed by atoms with Crippen molar-refractivity contribution in [2.75, 3.05) is 6.54 Å². The highest BCUT2D eigenvalue weighted by Gasteiger charge is 2.28. The van der Waals surface area contributed by atoms with Gasteiger partial charge in [-0.3, -0.25) is 14.4 Å². The first kappa shape index (κ1) is 26.8. The van der Waals surface area contributed by atoms with Crippen LogP contribution in [0.2, 0.25) is 0 Å². The molecule has 0 aromatic rings. The van der Waals surface area contributed by atoms with E-state index >= 15 is 0 Å². The van der Waals surface area contributed by atoms with Crippen molar-refractivity contribution >= 4 is 17.5 Å². The van der Waals surface area contributed by atoms with Gasteiger partial charge in [-0.2, -0.15) is 0 Å². The largest absolute Gasteiger partial charge is 0.356 e. The van der Waals surface area contributed by atoms with Crippen LogP contribution in [-0.2, 0) is 14.4 Å². The smallest absolute Gasteiger partial charge is 0.219 e. The number of nitrogens with one attached hydrogen (secondary N) is 1. The van der Waals surface area contributed by atoms with Gasteiger partial charge in [0.15, 0.2) is 0 Å². The van der Waals surface area contributed by atoms with E-state index in [9.17, 15) is 14.4 Å². The van der Waals surface area contributed by atoms with Crippen LogP contribution in [0.25, 0.3) is 0 Å². The van der Waals surface area contributed by atoms with E-state index in [1.165, 1.54) is 0 Å². The lowest BCUT2D eigenvalue weighted by Gasteiger charge is -2.24. The van der Waals surface area contributed by atoms with Crippen LogP contribution in [0.1, 0.15) is 119 Å². The minimum absolute atomic E-state index is 0.0703. The normalized spacial score (nSPS) is 12.1. The molecule has 0 saturated carbocycles. The predicted octanol–water partition coefficient (Wildman–Crippen LogP) is 6.01. The van der Waals surface area contributed by atoms with Crippen LogP contribution in [0.5, 0.6) is 0 Å². The van der Waals surface area contributed by atoms with E-state index in [0.717, 1.165) is 57.8 Å². The van der Waals surface area contributed by atoms with Gasteiger partial charge in [-0.15, -0.1) is 0 Å². The number of amides is 1. The summed E-state index contributed by atoms with van der Waals surface area (Å²) < 4.78 is 0. The molecule has 0 aromatic carbocycles. The molecule has 164 valence electrons. The summed E-state index contributed by atoms with van der Waals surface area (Å²) in [6.45, 7) is 13.0. The molecule has 0 aliphatic rings. The van der Waals surface area contributed by atoms with Gasteiger partial charge >= 0.3 is 0 Å². The Kier molecular flexibility index (Phi) is 13.3. The molecule has 0 unspecified atom stereocenters. The molecule has 1 amide bonds. The highest BCUT2D eigenvalue weighted by atomic mass is 16.1. The lowest BCUT2D eigenvalue weighted by molar-refractivity contribution is -0.128. The van der Waals surface area contributed by atoms with Crippen molar-refractivity contribution in [1.29, 1.82) is 0 Å². The van der Waals surface area contributed by atoms with E-state index in [-0.39, 0.29) is 16.7 Å². The maximum absolute atomic E-state index is 12.3. The summed E-state index contributed by atoms with van der Waals surface area (Å²) in [4.78, 5) is 36.3. The summed E-state index contributed by atoms with van der Waals surface area (Å²) in [7, 11) is 0. The van der Waals surface area contributed by atoms with Gasteiger partial charge in [-0.25, -0.2) is 0 Å². The van der Waals surface area contributed by atoms with Crippen LogP contribution >= 0.6 is 0 Å². The average molecular weight is 396 g/mol. The zero-order chi connectivity index (χ0) is 21.6. The van der Waals surface area contributed by atoms with E-state index in [1.54, 1.807) is 0 Å². The first-order chi connectivity index (χ1) is 13.1. The summed E-state index contributed by atoms with van der Waals surface area (Å²) in [5, 5.41) is 2.95. The van der Waals surface area contributed by atoms with E-state index in [4.69, 9.17) is 0 Å². The number of ketones is 2. The van der Waals surface area contributed by atoms with Crippen LogP contribution in [0.15, 0.2) is 0 Å². The Hall–Kier alpha value is -1.19. The number of Topliss-reactive ketones (excluding diaryl/α,β-unsaturated/α-hetero) is 2. The van der Waals surface area contributed by atoms with Gasteiger partial charge in [-0.05, 0) is 44.9 Å². The minimum Gasteiger partial charge on any atom is -0.356 e. The molecule has 0 aliphatic heterocycles. The molecule has 0 rings (SSSR count). The zero-order valence-corrected chi connectivity index (χ0v) is 19.4. The van der Waals surface area contributed by atoms with Crippen molar-refractivity contribution in [2.45, 2.75) is 119 Å². The number of carbonyl (C=O) groups is 3. The van der Waals surface area contributed by atoms with Crippen molar-refractivity contribution in [3.05, 3.63) is 0 Å². The molecule has 0 atom stereocenters. The Morgan fingerprint density at radius 1 is 0.714 bits per heavy atom. The molecule has 4 heteroatoms. The van der Waals surface area contributed by atoms with Gasteiger partial charge in [0, 0.05) is 36.6 Å². The van der Waals surface area contributed by atoms with Crippen molar-refractivity contribution in [2.24, 2.45) is 10.8 Å². The third kappa shape index (κ3) is 10.4. The molecular weight excluding hydrogens is 350 g/mol. The molecule has 0 aromatic heterocycles. The molecule has 0 spiro atoms. The maximum atomic E-state index is 12.3. The fraction of sp³-hybridized carbons (Fsp3) is 0.875. The number of carbonyl (C=O) groups excluding carboxylic acids is 3. The second kappa shape index (κ2) is 13.9. The average Bonchev–Trinajstić information content (AvgIpc) is 2.66. The zero-order valence-electron chi connectivity index (χ0n) is 19.4. The lowest BCUT2D eigenvalue weighted by Crippen LogP contribution is -2.26. The Morgan fingerprint density at radius 2 is 1.25 bits per heavy atom. The SMILES string of the molecule is CCCC(C)(C)C(=O)CCCCC(=O)NCCCCCC(=O)C(C)(CC)CC. The summed E-state index contributed by atoms with van der Waals surface area (Å²) >= 11 is 0. The molecule has 0 radical (unpaired) electrons. The van der Waals surface area contributed by atoms with Crippen LogP contribution < -0.4 is 5.32 Å². The molecule has 0 heterocycles. The number of hydrogen-bond acceptors (Lipinski definition) is 3. The molecule has 28 heavy (non-hydrogen) atoms. The molecule has 1 N–H and O–H groups in total. The van der Waals surface area contributed by atoms with Crippen molar-refractivity contribution in [3.63, 3.8) is 0 Å². The van der Waals surface area contributed by atoms with Gasteiger partial charge in [0.05, 0.1) is 0 Å². The molecule has 0 fully saturated rings. The predicted molar refractivity (Wildman–Crippen MR) is 117 cm³/mol. The Labute approximate surface area is 173 Å². The molecule has 0 saturated heterocycles. The standard InChI is InChI=1S/C24H45NO3/c1-7-18-23(4,5)20(26)15-12-13-17-22(28)25-19-14-10-11-16-21(27)24(6,8-2)9-3/h7-19H2,1-6H3,(H,25,28). The van der Waals surface area contributed by atoms with E-state index in [0.29, 0.717) is 37.4 Å². The fourth-order valence-corrected chi connectivity index (χ4v) is 3.52. The molecule has 0 bridgehead atoms. The fourth-order valence-electron chi connectivity index (χ4n) is 3.52. The molecule has 0 aliphatic carbocycles. The number of unbranched alkanes of at least 4 members (excludes halogenated alkanes) is 3. The lowest BCUT2D eigenvalue weighted by atomic mass is 9.78. The topological polar surface area (TPSA) is 63.2 Å². The molecular formula is C24H45NO3. The first-order valence-corrected chi connectivity index (χ1v) is 11.5. The Morgan fingerprint density at radius 3 is 1.82 bits per heavy atom. The third-order valence-electron chi connectivity index (χ3n) is 6.32. The summed E-state index contributed by atoms with van der Waals surface area (Å²) in [5.41, 5.74) is -0.397. The first-order valence-electron chi connectivity index (χ1n) is 11.5. The van der Waals surface area contributed by atoms with Crippen molar-refractivity contribution in [3.8, 4) is 0 Å². The summed E-state index contributed by atoms with van der Waals surface area (Å²) in [5.74, 6) is 0.755. The third-order valence-corrected chi connectivity index (χ3v) is 6.32. The highest BCUT2D eigenvalue weighted by molar-refractivity contribution is 5.84. The van der Waals surface area contributed by atoms with Gasteiger partial charge in [0.25, 0.3) is 0 Å². The number of hydrogen-bond donors (Lipinski definition) is 1. The van der Waals surface area contributed by atoms with Gasteiger partial charge < -0.3 is 5.32 Å². The van der Waals surface area contributed by atoms with Crippen LogP contribution in [0.4, 0.5) is 0 Å². The van der Waals surface area contributed by atoms with Crippen molar-refractivity contribution in [1.82, 2.24) is 5.32 Å². The van der Waals surface area contributed by atoms with Gasteiger partial charge in [-0.1, -0.05) is 54.4 Å². The van der Waals surface area contributed by atoms with Crippen molar-refractivity contribution < 1.29 is 14.4 Å². The monoisotopic (exact) mass is 395 g/mol. The minimum atomic E-state index is -0.232. The second-order valence-corrected chi connectivity index (χ2v) is 9.12. The Balaban J connectivity index is 3.76. The van der Waals surface area contributed by atoms with Gasteiger partial charge in [0.2, 0.25) is 5.91 Å². The quantitative estimate of drug-likeness (QED) is 0.307. The van der Waals surface area contributed by atoms with E-state index in [2.05, 4.69) is 33.0 Å². The highest BCUT2D eigenvalue weighted by Crippen LogP contribution is 2.28. The van der Waals surface area contributed by atoms with Crippen LogP contribution in [0.3, 0.4) is 0 Å². The second-order valence-electron chi connectivity index (χ2n) is 9.12. The maximum Gasteiger partial charge on any atom is 0.219 e. The summed E-state index contributed by atoms with van der Waals surface area (Å²) in [6, 6.07) is 0.